The molecule has 2 aromatic carbocycles. The molecule has 1 N–H and O–H groups in total. The number of methoxy groups -OCH3 is 1. The van der Waals surface area contributed by atoms with Crippen LogP contribution in [0.4, 0.5) is 5.69 Å². The predicted molar refractivity (Wildman–Crippen MR) is 115 cm³/mol. The second kappa shape index (κ2) is 10.3. The van der Waals surface area contributed by atoms with Gasteiger partial charge in [0.2, 0.25) is 11.8 Å². The second-order valence-corrected chi connectivity index (χ2v) is 6.69. The zero-order valence-corrected chi connectivity index (χ0v) is 17.6. The first-order chi connectivity index (χ1) is 13.8. The average Bonchev–Trinajstić information content (AvgIpc) is 2.69. The van der Waals surface area contributed by atoms with Crippen LogP contribution in [-0.2, 0) is 9.59 Å². The van der Waals surface area contributed by atoms with Crippen molar-refractivity contribution < 1.29 is 19.1 Å². The minimum atomic E-state index is -0.268. The third kappa shape index (κ3) is 6.10. The molecule has 0 saturated heterocycles. The highest BCUT2D eigenvalue weighted by molar-refractivity contribution is 5.98. The molecule has 0 bridgehead atoms. The summed E-state index contributed by atoms with van der Waals surface area (Å²) in [5.41, 5.74) is 3.56. The first-order valence-electron chi connectivity index (χ1n) is 9.45. The Morgan fingerprint density at radius 3 is 2.41 bits per heavy atom. The van der Waals surface area contributed by atoms with Crippen LogP contribution in [0.1, 0.15) is 23.6 Å². The fourth-order valence-electron chi connectivity index (χ4n) is 2.84. The number of rotatable bonds is 8. The summed E-state index contributed by atoms with van der Waals surface area (Å²) in [5.74, 6) is 0.742. The van der Waals surface area contributed by atoms with Crippen LogP contribution >= 0.6 is 0 Å². The van der Waals surface area contributed by atoms with Gasteiger partial charge in [-0.15, -0.1) is 0 Å². The molecule has 0 spiro atoms. The third-order valence-electron chi connectivity index (χ3n) is 4.41. The van der Waals surface area contributed by atoms with E-state index >= 15 is 0 Å². The molecule has 0 saturated carbocycles. The first kappa shape index (κ1) is 22.0. The number of ether oxygens (including phenoxy) is 2. The molecule has 29 heavy (non-hydrogen) atoms. The van der Waals surface area contributed by atoms with Crippen molar-refractivity contribution in [3.8, 4) is 11.5 Å². The Bertz CT molecular complexity index is 885. The van der Waals surface area contributed by atoms with Crippen molar-refractivity contribution in [2.75, 3.05) is 32.6 Å². The summed E-state index contributed by atoms with van der Waals surface area (Å²) in [6.45, 7) is 6.24. The largest absolute Gasteiger partial charge is 0.493 e. The Balaban J connectivity index is 1.99. The van der Waals surface area contributed by atoms with E-state index in [0.717, 1.165) is 22.4 Å². The van der Waals surface area contributed by atoms with E-state index in [-0.39, 0.29) is 18.4 Å². The quantitative estimate of drug-likeness (QED) is 0.689. The second-order valence-electron chi connectivity index (χ2n) is 6.69. The van der Waals surface area contributed by atoms with Gasteiger partial charge in [-0.1, -0.05) is 24.3 Å². The van der Waals surface area contributed by atoms with Crippen LogP contribution in [0.2, 0.25) is 0 Å². The van der Waals surface area contributed by atoms with Gasteiger partial charge >= 0.3 is 0 Å². The molecule has 2 aromatic rings. The van der Waals surface area contributed by atoms with Crippen molar-refractivity contribution in [2.45, 2.75) is 20.8 Å². The van der Waals surface area contributed by atoms with Gasteiger partial charge in [0.1, 0.15) is 0 Å². The van der Waals surface area contributed by atoms with E-state index in [1.54, 1.807) is 32.4 Å². The predicted octanol–water partition coefficient (Wildman–Crippen LogP) is 3.82. The lowest BCUT2D eigenvalue weighted by molar-refractivity contribution is -0.129. The maximum absolute atomic E-state index is 12.4. The molecule has 0 unspecified atom stereocenters. The minimum absolute atomic E-state index is 0.0379. The highest BCUT2D eigenvalue weighted by atomic mass is 16.5. The lowest BCUT2D eigenvalue weighted by atomic mass is 10.1. The molecule has 0 aliphatic heterocycles. The number of carbonyl (C=O) groups excluding carboxylic acids is 2. The summed E-state index contributed by atoms with van der Waals surface area (Å²) < 4.78 is 10.8. The summed E-state index contributed by atoms with van der Waals surface area (Å²) in [6.07, 6.45) is 3.12. The highest BCUT2D eigenvalue weighted by Gasteiger charge is 2.13. The Morgan fingerprint density at radius 1 is 1.10 bits per heavy atom. The summed E-state index contributed by atoms with van der Waals surface area (Å²) in [6, 6.07) is 11.2. The van der Waals surface area contributed by atoms with Gasteiger partial charge in [-0.3, -0.25) is 9.59 Å². The lowest BCUT2D eigenvalue weighted by Crippen LogP contribution is -2.34. The van der Waals surface area contributed by atoms with E-state index in [1.807, 2.05) is 45.0 Å². The molecule has 0 radical (unpaired) electrons. The number of nitrogens with one attached hydrogen (secondary N) is 1. The van der Waals surface area contributed by atoms with Crippen molar-refractivity contribution in [1.29, 1.82) is 0 Å². The number of para-hydroxylation sites is 1. The van der Waals surface area contributed by atoms with Crippen LogP contribution in [0.15, 0.2) is 42.5 Å². The van der Waals surface area contributed by atoms with Crippen LogP contribution in [-0.4, -0.2) is 44.0 Å². The lowest BCUT2D eigenvalue weighted by Gasteiger charge is -2.16. The molecular formula is C23H28N2O4. The number of anilines is 1. The van der Waals surface area contributed by atoms with E-state index in [4.69, 9.17) is 9.47 Å². The van der Waals surface area contributed by atoms with Crippen LogP contribution in [0, 0.1) is 13.8 Å². The van der Waals surface area contributed by atoms with Gasteiger partial charge in [0.25, 0.3) is 0 Å². The number of amides is 2. The topological polar surface area (TPSA) is 67.9 Å². The van der Waals surface area contributed by atoms with Gasteiger partial charge in [-0.25, -0.2) is 0 Å². The molecule has 0 fully saturated rings. The number of aryl methyl sites for hydroxylation is 2. The van der Waals surface area contributed by atoms with E-state index in [9.17, 15) is 9.59 Å². The molecular weight excluding hydrogens is 368 g/mol. The molecule has 0 heterocycles. The molecule has 6 nitrogen and oxygen atoms in total. The standard InChI is InChI=1S/C23H28N2O4/c1-6-29-20-14-18(10-12-19(20)28-5)11-13-22(27)25(4)15-21(26)24-23-16(2)8-7-9-17(23)3/h7-14H,6,15H2,1-5H3,(H,24,26)/b13-11+. The van der Waals surface area contributed by atoms with E-state index in [1.165, 1.54) is 11.0 Å². The summed E-state index contributed by atoms with van der Waals surface area (Å²) in [4.78, 5) is 26.1. The van der Waals surface area contributed by atoms with Gasteiger partial charge in [0.15, 0.2) is 11.5 Å². The number of likely N-dealkylation sites (N-methyl/N-ethyl adjacent to an activating group) is 1. The SMILES string of the molecule is CCOc1cc(/C=C/C(=O)N(C)CC(=O)Nc2c(C)cccc2C)ccc1OC. The molecule has 2 amide bonds. The molecule has 0 aliphatic rings. The zero-order valence-electron chi connectivity index (χ0n) is 17.6. The Hall–Kier alpha value is -3.28. The van der Waals surface area contributed by atoms with E-state index in [2.05, 4.69) is 5.32 Å². The van der Waals surface area contributed by atoms with Gasteiger partial charge < -0.3 is 19.7 Å². The first-order valence-corrected chi connectivity index (χ1v) is 9.45. The average molecular weight is 396 g/mol. The molecule has 6 heteroatoms. The van der Waals surface area contributed by atoms with Crippen molar-refractivity contribution in [1.82, 2.24) is 4.90 Å². The summed E-state index contributed by atoms with van der Waals surface area (Å²) >= 11 is 0. The molecule has 154 valence electrons. The number of nitrogens with zero attached hydrogens (tertiary/aromatic N) is 1. The van der Waals surface area contributed by atoms with Gasteiger partial charge in [0, 0.05) is 18.8 Å². The monoisotopic (exact) mass is 396 g/mol. The number of hydrogen-bond donors (Lipinski definition) is 1. The van der Waals surface area contributed by atoms with Crippen LogP contribution < -0.4 is 14.8 Å². The van der Waals surface area contributed by atoms with Crippen molar-refractivity contribution in [3.05, 3.63) is 59.2 Å². The maximum Gasteiger partial charge on any atom is 0.246 e. The highest BCUT2D eigenvalue weighted by Crippen LogP contribution is 2.28. The van der Waals surface area contributed by atoms with Crippen LogP contribution in [0.5, 0.6) is 11.5 Å². The van der Waals surface area contributed by atoms with E-state index in [0.29, 0.717) is 18.1 Å². The minimum Gasteiger partial charge on any atom is -0.493 e. The Morgan fingerprint density at radius 2 is 1.79 bits per heavy atom. The Kier molecular flexibility index (Phi) is 7.83. The van der Waals surface area contributed by atoms with Gasteiger partial charge in [-0.2, -0.15) is 0 Å². The van der Waals surface area contributed by atoms with Gasteiger partial charge in [-0.05, 0) is 55.7 Å². The Labute approximate surface area is 172 Å². The fourth-order valence-corrected chi connectivity index (χ4v) is 2.84. The molecule has 2 rings (SSSR count). The van der Waals surface area contributed by atoms with E-state index < -0.39 is 0 Å². The molecule has 0 atom stereocenters. The third-order valence-corrected chi connectivity index (χ3v) is 4.41. The summed E-state index contributed by atoms with van der Waals surface area (Å²) in [5, 5.41) is 2.88. The van der Waals surface area contributed by atoms with Gasteiger partial charge in [0.05, 0.1) is 20.3 Å². The fraction of sp³-hybridized carbons (Fsp3) is 0.304. The zero-order chi connectivity index (χ0) is 21.4. The molecule has 0 aromatic heterocycles. The molecule has 0 aliphatic carbocycles. The maximum atomic E-state index is 12.4. The summed E-state index contributed by atoms with van der Waals surface area (Å²) in [7, 11) is 3.17. The normalized spacial score (nSPS) is 10.7. The number of benzene rings is 2. The number of carbonyl (C=O) groups is 2. The van der Waals surface area contributed by atoms with Crippen molar-refractivity contribution >= 4 is 23.6 Å². The number of hydrogen-bond acceptors (Lipinski definition) is 4. The van der Waals surface area contributed by atoms with Crippen molar-refractivity contribution in [3.63, 3.8) is 0 Å². The van der Waals surface area contributed by atoms with Crippen LogP contribution in [0.3, 0.4) is 0 Å². The van der Waals surface area contributed by atoms with Crippen LogP contribution in [0.25, 0.3) is 6.08 Å². The smallest absolute Gasteiger partial charge is 0.246 e. The van der Waals surface area contributed by atoms with Crippen molar-refractivity contribution in [2.24, 2.45) is 0 Å².